The molecule has 3 aromatic rings. The predicted octanol–water partition coefficient (Wildman–Crippen LogP) is 2.11. The summed E-state index contributed by atoms with van der Waals surface area (Å²) in [6, 6.07) is 13.9. The third kappa shape index (κ3) is 3.25. The Morgan fingerprint density at radius 1 is 1.15 bits per heavy atom. The van der Waals surface area contributed by atoms with E-state index in [9.17, 15) is 13.2 Å². The summed E-state index contributed by atoms with van der Waals surface area (Å²) in [6.45, 7) is 0. The van der Waals surface area contributed by atoms with Gasteiger partial charge in [0.15, 0.2) is 5.03 Å². The molecule has 1 N–H and O–H groups in total. The molecule has 2 aromatic heterocycles. The quantitative estimate of drug-likeness (QED) is 0.744. The van der Waals surface area contributed by atoms with Crippen LogP contribution in [0.15, 0.2) is 59.9 Å². The fourth-order valence-corrected chi connectivity index (χ4v) is 4.10. The number of hydrogen-bond acceptors (Lipinski definition) is 6. The Hall–Kier alpha value is -3.31. The van der Waals surface area contributed by atoms with Gasteiger partial charge in [-0.15, -0.1) is 0 Å². The van der Waals surface area contributed by atoms with Gasteiger partial charge in [-0.2, -0.15) is 13.7 Å². The highest BCUT2D eigenvalue weighted by atomic mass is 32.2. The minimum absolute atomic E-state index is 0.0398. The minimum atomic E-state index is -4.07. The number of carbonyl (C=O) groups is 1. The molecule has 1 saturated carbocycles. The zero-order valence-corrected chi connectivity index (χ0v) is 14.8. The molecule has 7 nitrogen and oxygen atoms in total. The van der Waals surface area contributed by atoms with E-state index in [4.69, 9.17) is 5.26 Å². The average molecular weight is 378 g/mol. The van der Waals surface area contributed by atoms with Crippen LogP contribution in [0.4, 0.5) is 0 Å². The third-order valence-electron chi connectivity index (χ3n) is 4.59. The molecule has 1 aromatic carbocycles. The summed E-state index contributed by atoms with van der Waals surface area (Å²) < 4.78 is 26.8. The fraction of sp³-hybridized carbons (Fsp3) is 0.158. The summed E-state index contributed by atoms with van der Waals surface area (Å²) in [7, 11) is -4.07. The first-order chi connectivity index (χ1) is 13.0. The lowest BCUT2D eigenvalue weighted by atomic mass is 10.0. The number of benzene rings is 1. The second kappa shape index (κ2) is 6.45. The molecule has 27 heavy (non-hydrogen) atoms. The number of fused-ring (bicyclic) bond motifs is 1. The highest BCUT2D eigenvalue weighted by molar-refractivity contribution is 7.90. The Morgan fingerprint density at radius 2 is 1.96 bits per heavy atom. The monoisotopic (exact) mass is 378 g/mol. The zero-order chi connectivity index (χ0) is 19.0. The summed E-state index contributed by atoms with van der Waals surface area (Å²) in [6.07, 6.45) is 3.43. The molecular formula is C19H14N4O3S. The van der Waals surface area contributed by atoms with E-state index in [0.717, 1.165) is 22.7 Å². The molecule has 4 rings (SSSR count). The lowest BCUT2D eigenvalue weighted by Gasteiger charge is -2.07. The number of amides is 1. The number of nitriles is 1. The summed E-state index contributed by atoms with van der Waals surface area (Å²) in [5.41, 5.74) is 2.08. The number of nitrogens with one attached hydrogen (secondary N) is 1. The molecule has 1 fully saturated rings. The maximum Gasteiger partial charge on any atom is 0.281 e. The van der Waals surface area contributed by atoms with Gasteiger partial charge < -0.3 is 0 Å². The number of pyridine rings is 2. The van der Waals surface area contributed by atoms with Crippen molar-refractivity contribution in [3.05, 3.63) is 66.0 Å². The molecular weight excluding hydrogens is 364 g/mol. The van der Waals surface area contributed by atoms with Gasteiger partial charge in [-0.3, -0.25) is 9.78 Å². The van der Waals surface area contributed by atoms with E-state index in [1.54, 1.807) is 6.20 Å². The Labute approximate surface area is 155 Å². The van der Waals surface area contributed by atoms with Crippen LogP contribution in [0.1, 0.15) is 23.5 Å². The van der Waals surface area contributed by atoms with Crippen LogP contribution in [-0.4, -0.2) is 24.3 Å². The van der Waals surface area contributed by atoms with Crippen molar-refractivity contribution in [1.29, 1.82) is 5.26 Å². The van der Waals surface area contributed by atoms with Gasteiger partial charge >= 0.3 is 0 Å². The first-order valence-electron chi connectivity index (χ1n) is 8.26. The average Bonchev–Trinajstić information content (AvgIpc) is 3.48. The first kappa shape index (κ1) is 17.1. The third-order valence-corrected chi connectivity index (χ3v) is 5.85. The number of rotatable bonds is 4. The first-order valence-corrected chi connectivity index (χ1v) is 9.74. The highest BCUT2D eigenvalue weighted by Gasteiger charge is 2.46. The molecule has 8 heteroatoms. The largest absolute Gasteiger partial charge is 0.281 e. The number of hydrogen-bond donors (Lipinski definition) is 1. The molecule has 1 aliphatic carbocycles. The van der Waals surface area contributed by atoms with Crippen molar-refractivity contribution < 1.29 is 13.2 Å². The van der Waals surface area contributed by atoms with Crippen LogP contribution < -0.4 is 4.72 Å². The van der Waals surface area contributed by atoms with Crippen LogP contribution in [0.2, 0.25) is 0 Å². The lowest BCUT2D eigenvalue weighted by Crippen LogP contribution is -2.32. The smallest absolute Gasteiger partial charge is 0.274 e. The molecule has 134 valence electrons. The topological polar surface area (TPSA) is 113 Å². The van der Waals surface area contributed by atoms with Crippen molar-refractivity contribution in [1.82, 2.24) is 14.7 Å². The van der Waals surface area contributed by atoms with Crippen molar-refractivity contribution in [3.8, 4) is 6.07 Å². The standard InChI is InChI=1S/C19H14N4O3S/c20-10-12-5-6-18(22-11-12)27(25,26)23-19(24)16-9-15(16)13-7-8-21-17-4-2-1-3-14(13)17/h1-8,11,15-16H,9H2,(H,23,24)/t15-,16+/m0/s1. The molecule has 0 spiro atoms. The summed E-state index contributed by atoms with van der Waals surface area (Å²) in [5.74, 6) is -1.00. The molecule has 0 unspecified atom stereocenters. The summed E-state index contributed by atoms with van der Waals surface area (Å²) in [5, 5.41) is 9.44. The predicted molar refractivity (Wildman–Crippen MR) is 96.9 cm³/mol. The number of carbonyl (C=O) groups excluding carboxylic acids is 1. The van der Waals surface area contributed by atoms with E-state index in [1.165, 1.54) is 12.1 Å². The lowest BCUT2D eigenvalue weighted by molar-refractivity contribution is -0.120. The van der Waals surface area contributed by atoms with Crippen molar-refractivity contribution in [2.24, 2.45) is 5.92 Å². The molecule has 2 atom stereocenters. The second-order valence-corrected chi connectivity index (χ2v) is 7.96. The zero-order valence-electron chi connectivity index (χ0n) is 14.0. The highest BCUT2D eigenvalue weighted by Crippen LogP contribution is 2.49. The number of para-hydroxylation sites is 1. The SMILES string of the molecule is N#Cc1ccc(S(=O)(=O)NC(=O)[C@@H]2C[C@H]2c2ccnc3ccccc23)nc1. The summed E-state index contributed by atoms with van der Waals surface area (Å²) >= 11 is 0. The van der Waals surface area contributed by atoms with Crippen LogP contribution >= 0.6 is 0 Å². The van der Waals surface area contributed by atoms with E-state index < -0.39 is 21.8 Å². The van der Waals surface area contributed by atoms with E-state index in [0.29, 0.717) is 6.42 Å². The van der Waals surface area contributed by atoms with Crippen LogP contribution in [0, 0.1) is 17.2 Å². The molecule has 2 heterocycles. The van der Waals surface area contributed by atoms with E-state index >= 15 is 0 Å². The number of nitrogens with zero attached hydrogens (tertiary/aromatic N) is 3. The van der Waals surface area contributed by atoms with Gasteiger partial charge in [0.05, 0.1) is 11.1 Å². The summed E-state index contributed by atoms with van der Waals surface area (Å²) in [4.78, 5) is 20.5. The Kier molecular flexibility index (Phi) is 4.09. The van der Waals surface area contributed by atoms with Crippen molar-refractivity contribution >= 4 is 26.8 Å². The van der Waals surface area contributed by atoms with Crippen LogP contribution in [0.25, 0.3) is 10.9 Å². The van der Waals surface area contributed by atoms with Gasteiger partial charge in [0, 0.05) is 23.7 Å². The number of aromatic nitrogens is 2. The van der Waals surface area contributed by atoms with Crippen LogP contribution in [-0.2, 0) is 14.8 Å². The molecule has 0 saturated heterocycles. The van der Waals surface area contributed by atoms with Crippen molar-refractivity contribution in [2.75, 3.05) is 0 Å². The maximum atomic E-state index is 12.5. The fourth-order valence-electron chi connectivity index (χ4n) is 3.14. The van der Waals surface area contributed by atoms with Gasteiger partial charge in [-0.1, -0.05) is 18.2 Å². The van der Waals surface area contributed by atoms with E-state index in [-0.39, 0.29) is 16.5 Å². The molecule has 0 aliphatic heterocycles. The molecule has 1 aliphatic rings. The Morgan fingerprint density at radius 3 is 2.70 bits per heavy atom. The maximum absolute atomic E-state index is 12.5. The number of sulfonamides is 1. The molecule has 0 radical (unpaired) electrons. The van der Waals surface area contributed by atoms with Crippen LogP contribution in [0.5, 0.6) is 0 Å². The van der Waals surface area contributed by atoms with Crippen molar-refractivity contribution in [2.45, 2.75) is 17.4 Å². The Bertz CT molecular complexity index is 1180. The minimum Gasteiger partial charge on any atom is -0.274 e. The van der Waals surface area contributed by atoms with Crippen molar-refractivity contribution in [3.63, 3.8) is 0 Å². The van der Waals surface area contributed by atoms with Crippen LogP contribution in [0.3, 0.4) is 0 Å². The van der Waals surface area contributed by atoms with Gasteiger partial charge in [0.25, 0.3) is 10.0 Å². The van der Waals surface area contributed by atoms with E-state index in [2.05, 4.69) is 14.7 Å². The molecule has 1 amide bonds. The Balaban J connectivity index is 1.52. The van der Waals surface area contributed by atoms with Gasteiger partial charge in [0.2, 0.25) is 5.91 Å². The van der Waals surface area contributed by atoms with Gasteiger partial charge in [0.1, 0.15) is 6.07 Å². The van der Waals surface area contributed by atoms with E-state index in [1.807, 2.05) is 36.4 Å². The second-order valence-electron chi connectivity index (χ2n) is 6.33. The van der Waals surface area contributed by atoms with Gasteiger partial charge in [-0.25, -0.2) is 9.71 Å². The normalized spacial score (nSPS) is 18.6. The van der Waals surface area contributed by atoms with Gasteiger partial charge in [-0.05, 0) is 42.2 Å². The molecule has 0 bridgehead atoms.